The Balaban J connectivity index is 2.37. The van der Waals surface area contributed by atoms with E-state index in [1.807, 2.05) is 0 Å². The molecule has 3 unspecified atom stereocenters. The average molecular weight is 290 g/mol. The van der Waals surface area contributed by atoms with Crippen LogP contribution in [0.15, 0.2) is 22.9 Å². The van der Waals surface area contributed by atoms with Crippen LogP contribution in [0, 0.1) is 6.92 Å². The Hall–Kier alpha value is -2.50. The summed E-state index contributed by atoms with van der Waals surface area (Å²) in [6, 6.07) is -2.78. The van der Waals surface area contributed by atoms with Crippen molar-refractivity contribution in [3.63, 3.8) is 0 Å². The molecule has 1 aliphatic rings. The zero-order chi connectivity index (χ0) is 19.5. The lowest BCUT2D eigenvalue weighted by atomic mass is 9.92. The fourth-order valence-corrected chi connectivity index (χ4v) is 2.39. The maximum atomic E-state index is 13.0. The number of aromatic nitrogens is 2. The van der Waals surface area contributed by atoms with E-state index in [0.29, 0.717) is 0 Å². The number of hydrogen-bond acceptors (Lipinski definition) is 5. The topological polar surface area (TPSA) is 95.0 Å². The SMILES string of the molecule is [2H]c1c([2H])c(N)c2c(=O)n(C3C(=O)CC(=O)C([2H])C3[2H])c(C)nc2c1[2H]. The van der Waals surface area contributed by atoms with E-state index >= 15 is 0 Å². The second kappa shape index (κ2) is 4.80. The van der Waals surface area contributed by atoms with Crippen LogP contribution in [0.5, 0.6) is 0 Å². The number of carbonyl (C=O) groups is 2. The molecule has 2 N–H and O–H groups in total. The number of nitrogen functional groups attached to an aromatic ring is 1. The van der Waals surface area contributed by atoms with Gasteiger partial charge in [0, 0.05) is 14.8 Å². The van der Waals surface area contributed by atoms with Crippen LogP contribution in [0.3, 0.4) is 0 Å². The standard InChI is InChI=1S/C15H15N3O3/c1-8-17-11-4-2-3-10(16)14(11)15(21)18(8)12-6-5-9(19)7-13(12)20/h2-4,12H,5-7,16H2,1H3/i2D,3D,4D,5D,6D. The van der Waals surface area contributed by atoms with Gasteiger partial charge in [-0.2, -0.15) is 0 Å². The Morgan fingerprint density at radius 2 is 2.19 bits per heavy atom. The molecule has 6 heteroatoms. The lowest BCUT2D eigenvalue weighted by Crippen LogP contribution is -2.36. The lowest BCUT2D eigenvalue weighted by molar-refractivity contribution is -0.132. The molecule has 108 valence electrons. The Bertz CT molecular complexity index is 1040. The van der Waals surface area contributed by atoms with Crippen LogP contribution >= 0.6 is 0 Å². The molecule has 3 rings (SSSR count). The smallest absolute Gasteiger partial charge is 0.264 e. The summed E-state index contributed by atoms with van der Waals surface area (Å²) < 4.78 is 40.2. The second-order valence-corrected chi connectivity index (χ2v) is 4.76. The zero-order valence-corrected chi connectivity index (χ0v) is 11.1. The third-order valence-corrected chi connectivity index (χ3v) is 3.36. The van der Waals surface area contributed by atoms with Crippen LogP contribution in [0.4, 0.5) is 5.69 Å². The minimum Gasteiger partial charge on any atom is -0.398 e. The maximum absolute atomic E-state index is 13.0. The molecule has 2 aromatic rings. The molecule has 0 amide bonds. The quantitative estimate of drug-likeness (QED) is 0.628. The van der Waals surface area contributed by atoms with Crippen molar-refractivity contribution in [2.75, 3.05) is 5.73 Å². The van der Waals surface area contributed by atoms with Gasteiger partial charge in [-0.05, 0) is 25.4 Å². The van der Waals surface area contributed by atoms with Crippen molar-refractivity contribution in [2.45, 2.75) is 32.2 Å². The highest BCUT2D eigenvalue weighted by atomic mass is 16.2. The predicted molar refractivity (Wildman–Crippen MR) is 78.1 cm³/mol. The van der Waals surface area contributed by atoms with Crippen molar-refractivity contribution >= 4 is 28.2 Å². The highest BCUT2D eigenvalue weighted by Crippen LogP contribution is 2.24. The number of Topliss-reactive ketones (excluding diaryl/α,β-unsaturated/α-hetero) is 2. The van der Waals surface area contributed by atoms with Crippen LogP contribution in [0.25, 0.3) is 10.9 Å². The Kier molecular flexibility index (Phi) is 1.99. The molecule has 6 nitrogen and oxygen atoms in total. The largest absolute Gasteiger partial charge is 0.398 e. The van der Waals surface area contributed by atoms with Crippen LogP contribution in [-0.4, -0.2) is 21.1 Å². The van der Waals surface area contributed by atoms with E-state index in [0.717, 1.165) is 4.57 Å². The van der Waals surface area contributed by atoms with E-state index in [4.69, 9.17) is 12.6 Å². The first kappa shape index (κ1) is 8.71. The van der Waals surface area contributed by atoms with Crippen LogP contribution in [-0.2, 0) is 9.59 Å². The van der Waals surface area contributed by atoms with Crippen molar-refractivity contribution < 1.29 is 16.4 Å². The molecule has 1 aromatic heterocycles. The molecular formula is C15H15N3O3. The van der Waals surface area contributed by atoms with Crippen molar-refractivity contribution in [3.05, 3.63) is 34.3 Å². The molecule has 0 spiro atoms. The summed E-state index contributed by atoms with van der Waals surface area (Å²) in [5.41, 5.74) is 4.46. The van der Waals surface area contributed by atoms with Gasteiger partial charge in [-0.3, -0.25) is 19.0 Å². The fraction of sp³-hybridized carbons (Fsp3) is 0.333. The third kappa shape index (κ3) is 2.12. The van der Waals surface area contributed by atoms with Gasteiger partial charge < -0.3 is 5.73 Å². The monoisotopic (exact) mass is 290 g/mol. The van der Waals surface area contributed by atoms with Gasteiger partial charge in [0.25, 0.3) is 5.56 Å². The number of ketones is 2. The summed E-state index contributed by atoms with van der Waals surface area (Å²) >= 11 is 0. The van der Waals surface area contributed by atoms with Crippen molar-refractivity contribution in [3.8, 4) is 0 Å². The summed E-state index contributed by atoms with van der Waals surface area (Å²) in [6.07, 6.45) is -3.50. The normalized spacial score (nSPS) is 29.6. The first-order valence-corrected chi connectivity index (χ1v) is 6.25. The number of nitrogens with two attached hydrogens (primary N) is 1. The van der Waals surface area contributed by atoms with Gasteiger partial charge in [0.15, 0.2) is 5.78 Å². The number of nitrogens with zero attached hydrogens (tertiary/aromatic N) is 2. The Morgan fingerprint density at radius 3 is 2.95 bits per heavy atom. The predicted octanol–water partition coefficient (Wildman–Crippen LogP) is 1.15. The molecule has 0 aliphatic heterocycles. The van der Waals surface area contributed by atoms with E-state index in [1.54, 1.807) is 0 Å². The second-order valence-electron chi connectivity index (χ2n) is 4.76. The number of fused-ring (bicyclic) bond motifs is 1. The molecule has 0 bridgehead atoms. The average Bonchev–Trinajstić information content (AvgIpc) is 2.58. The number of aryl methyl sites for hydroxylation is 1. The summed E-state index contributed by atoms with van der Waals surface area (Å²) in [7, 11) is 0. The molecule has 1 saturated carbocycles. The van der Waals surface area contributed by atoms with Crippen molar-refractivity contribution in [1.82, 2.24) is 9.55 Å². The molecule has 1 heterocycles. The minimum atomic E-state index is -1.48. The van der Waals surface area contributed by atoms with Gasteiger partial charge in [-0.25, -0.2) is 4.98 Å². The fourth-order valence-electron chi connectivity index (χ4n) is 2.39. The van der Waals surface area contributed by atoms with E-state index in [2.05, 4.69) is 4.98 Å². The number of benzene rings is 1. The number of carbonyl (C=O) groups excluding carboxylic acids is 2. The molecule has 1 fully saturated rings. The van der Waals surface area contributed by atoms with Gasteiger partial charge in [0.05, 0.1) is 27.5 Å². The Labute approximate surface area is 127 Å². The van der Waals surface area contributed by atoms with Gasteiger partial charge in [-0.1, -0.05) is 6.04 Å². The molecule has 0 saturated heterocycles. The van der Waals surface area contributed by atoms with Crippen LogP contribution in [0.2, 0.25) is 0 Å². The first-order chi connectivity index (χ1) is 12.1. The maximum Gasteiger partial charge on any atom is 0.264 e. The van der Waals surface area contributed by atoms with Gasteiger partial charge in [0.1, 0.15) is 11.6 Å². The van der Waals surface area contributed by atoms with Gasteiger partial charge in [0.2, 0.25) is 0 Å². The zero-order valence-electron chi connectivity index (χ0n) is 16.1. The Morgan fingerprint density at radius 1 is 1.43 bits per heavy atom. The van der Waals surface area contributed by atoms with E-state index in [9.17, 15) is 14.4 Å². The van der Waals surface area contributed by atoms with E-state index in [1.165, 1.54) is 6.92 Å². The molecule has 1 aromatic carbocycles. The highest BCUT2D eigenvalue weighted by molar-refractivity contribution is 6.03. The van der Waals surface area contributed by atoms with Crippen LogP contribution in [0.1, 0.15) is 37.9 Å². The van der Waals surface area contributed by atoms with E-state index in [-0.39, 0.29) is 22.4 Å². The van der Waals surface area contributed by atoms with E-state index < -0.39 is 60.5 Å². The minimum absolute atomic E-state index is 0.00433. The lowest BCUT2D eigenvalue weighted by Gasteiger charge is -2.24. The third-order valence-electron chi connectivity index (χ3n) is 3.36. The molecule has 3 atom stereocenters. The summed E-state index contributed by atoms with van der Waals surface area (Å²) in [6.45, 7) is 1.39. The molecule has 1 aliphatic carbocycles. The summed E-state index contributed by atoms with van der Waals surface area (Å²) in [5, 5.41) is -0.278. The number of hydrogen-bond donors (Lipinski definition) is 1. The molecule has 0 radical (unpaired) electrons. The summed E-state index contributed by atoms with van der Waals surface area (Å²) in [5.74, 6) is -1.34. The summed E-state index contributed by atoms with van der Waals surface area (Å²) in [4.78, 5) is 41.1. The highest BCUT2D eigenvalue weighted by Gasteiger charge is 2.30. The first-order valence-electron chi connectivity index (χ1n) is 8.91. The van der Waals surface area contributed by atoms with Gasteiger partial charge in [-0.15, -0.1) is 0 Å². The van der Waals surface area contributed by atoms with Crippen molar-refractivity contribution in [2.24, 2.45) is 0 Å². The van der Waals surface area contributed by atoms with Gasteiger partial charge >= 0.3 is 0 Å². The van der Waals surface area contributed by atoms with Crippen molar-refractivity contribution in [1.29, 1.82) is 0 Å². The molecule has 21 heavy (non-hydrogen) atoms. The molecular weight excluding hydrogens is 270 g/mol. The number of rotatable bonds is 1. The van der Waals surface area contributed by atoms with Crippen LogP contribution < -0.4 is 11.3 Å². The number of anilines is 1.